The van der Waals surface area contributed by atoms with Gasteiger partial charge < -0.3 is 36.2 Å². The Bertz CT molecular complexity index is 1050. The van der Waals surface area contributed by atoms with Crippen molar-refractivity contribution in [3.05, 3.63) is 16.2 Å². The van der Waals surface area contributed by atoms with Crippen molar-refractivity contribution in [1.29, 1.82) is 0 Å². The molecule has 16 heteroatoms. The number of aromatic nitrogens is 4. The second-order valence-electron chi connectivity index (χ2n) is 7.57. The molecule has 0 saturated carbocycles. The van der Waals surface area contributed by atoms with Crippen LogP contribution in [0.25, 0.3) is 11.2 Å². The SMILES string of the molecule is NCCCCCCc1nc2c(=O)[nH]c(N)nc2n1[C@]1(N)O[C@H](COP(=O)(O)O)[C@@H](O)[C@H]1O. The lowest BCUT2D eigenvalue weighted by atomic mass is 10.1. The number of hydrogen-bond donors (Lipinski definition) is 8. The Morgan fingerprint density at radius 3 is 2.56 bits per heavy atom. The maximum Gasteiger partial charge on any atom is 0.469 e. The number of H-pyrrole nitrogens is 1. The number of aryl methyl sites for hydroxylation is 1. The molecule has 15 nitrogen and oxygen atoms in total. The van der Waals surface area contributed by atoms with Gasteiger partial charge in [-0.1, -0.05) is 12.8 Å². The van der Waals surface area contributed by atoms with Crippen molar-refractivity contribution in [2.75, 3.05) is 18.9 Å². The largest absolute Gasteiger partial charge is 0.469 e. The molecule has 0 amide bonds. The van der Waals surface area contributed by atoms with E-state index in [1.54, 1.807) is 0 Å². The molecule has 2 aromatic rings. The van der Waals surface area contributed by atoms with E-state index in [0.717, 1.165) is 19.3 Å². The third kappa shape index (κ3) is 5.01. The number of aromatic amines is 1. The lowest BCUT2D eigenvalue weighted by molar-refractivity contribution is -0.142. The Morgan fingerprint density at radius 2 is 1.91 bits per heavy atom. The molecule has 3 heterocycles. The molecule has 0 spiro atoms. The third-order valence-corrected chi connectivity index (χ3v) is 5.67. The lowest BCUT2D eigenvalue weighted by Gasteiger charge is -2.30. The standard InChI is InChI=1S/C16H28N7O8P/c17-6-4-2-1-3-5-9-20-10-13(21-15(18)22-14(10)26)23(9)16(19)12(25)11(24)8(31-16)7-30-32(27,28)29/h8,11-12,24-25H,1-7,17,19H2,(H2,27,28,29)(H3,18,21,22,26)/t8-,11-,12-,16+/m1/s1. The van der Waals surface area contributed by atoms with Crippen molar-refractivity contribution < 1.29 is 33.8 Å². The van der Waals surface area contributed by atoms with Gasteiger partial charge in [0.05, 0.1) is 6.61 Å². The van der Waals surface area contributed by atoms with Crippen LogP contribution in [0.1, 0.15) is 31.5 Å². The number of fused-ring (bicyclic) bond motifs is 1. The first kappa shape index (κ1) is 24.7. The molecule has 0 aliphatic carbocycles. The second kappa shape index (κ2) is 9.51. The van der Waals surface area contributed by atoms with Crippen molar-refractivity contribution in [1.82, 2.24) is 19.5 Å². The summed E-state index contributed by atoms with van der Waals surface area (Å²) in [5.74, 6) is -2.14. The number of hydrogen-bond acceptors (Lipinski definition) is 11. The average molecular weight is 477 g/mol. The summed E-state index contributed by atoms with van der Waals surface area (Å²) in [7, 11) is -4.87. The van der Waals surface area contributed by atoms with E-state index in [0.29, 0.717) is 19.4 Å². The van der Waals surface area contributed by atoms with Gasteiger partial charge in [0, 0.05) is 6.42 Å². The van der Waals surface area contributed by atoms with Crippen LogP contribution in [0.4, 0.5) is 5.95 Å². The molecule has 0 unspecified atom stereocenters. The van der Waals surface area contributed by atoms with E-state index in [-0.39, 0.29) is 22.9 Å². The Balaban J connectivity index is 2.00. The summed E-state index contributed by atoms with van der Waals surface area (Å²) in [5.41, 5.74) is 16.7. The summed E-state index contributed by atoms with van der Waals surface area (Å²) in [5, 5.41) is 21.1. The van der Waals surface area contributed by atoms with Gasteiger partial charge in [-0.05, 0) is 19.4 Å². The van der Waals surface area contributed by atoms with Gasteiger partial charge >= 0.3 is 7.82 Å². The molecule has 1 aliphatic heterocycles. The molecule has 1 saturated heterocycles. The van der Waals surface area contributed by atoms with E-state index in [9.17, 15) is 19.6 Å². The maximum atomic E-state index is 12.4. The van der Waals surface area contributed by atoms with E-state index in [4.69, 9.17) is 31.7 Å². The zero-order valence-electron chi connectivity index (χ0n) is 17.1. The highest BCUT2D eigenvalue weighted by molar-refractivity contribution is 7.46. The molecule has 2 aromatic heterocycles. The average Bonchev–Trinajstić information content (AvgIpc) is 3.17. The molecule has 0 bridgehead atoms. The summed E-state index contributed by atoms with van der Waals surface area (Å²) < 4.78 is 22.2. The Labute approximate surface area is 181 Å². The van der Waals surface area contributed by atoms with Gasteiger partial charge in [0.1, 0.15) is 24.1 Å². The number of nitrogens with one attached hydrogen (secondary N) is 1. The number of ether oxygens (including phenoxy) is 1. The number of nitrogens with zero attached hydrogens (tertiary/aromatic N) is 3. The number of phosphoric acid groups is 1. The molecule has 3 rings (SSSR count). The molecule has 1 fully saturated rings. The summed E-state index contributed by atoms with van der Waals surface area (Å²) in [6.07, 6.45) is -1.30. The Kier molecular flexibility index (Phi) is 7.34. The van der Waals surface area contributed by atoms with Gasteiger partial charge in [-0.25, -0.2) is 9.55 Å². The molecule has 0 aromatic carbocycles. The van der Waals surface area contributed by atoms with Crippen LogP contribution >= 0.6 is 7.82 Å². The molecular formula is C16H28N7O8P. The van der Waals surface area contributed by atoms with Crippen LogP contribution in [0.2, 0.25) is 0 Å². The minimum atomic E-state index is -4.87. The topological polar surface area (TPSA) is 258 Å². The molecule has 11 N–H and O–H groups in total. The first-order chi connectivity index (χ1) is 15.0. The smallest absolute Gasteiger partial charge is 0.387 e. The highest BCUT2D eigenvalue weighted by Gasteiger charge is 2.55. The monoisotopic (exact) mass is 477 g/mol. The summed E-state index contributed by atoms with van der Waals surface area (Å²) in [4.78, 5) is 40.9. The quantitative estimate of drug-likeness (QED) is 0.131. The number of unbranched alkanes of at least 4 members (excludes halogenated alkanes) is 3. The Morgan fingerprint density at radius 1 is 1.22 bits per heavy atom. The Hall–Kier alpha value is -1.94. The number of rotatable bonds is 10. The summed E-state index contributed by atoms with van der Waals surface area (Å²) in [6, 6.07) is 0. The summed E-state index contributed by atoms with van der Waals surface area (Å²) in [6.45, 7) is -0.183. The zero-order chi connectivity index (χ0) is 23.7. The van der Waals surface area contributed by atoms with Gasteiger partial charge in [0.2, 0.25) is 11.8 Å². The van der Waals surface area contributed by atoms with Crippen LogP contribution in [0.5, 0.6) is 0 Å². The fraction of sp³-hybridized carbons (Fsp3) is 0.688. The number of phosphoric ester groups is 1. The van der Waals surface area contributed by atoms with Crippen LogP contribution in [0.3, 0.4) is 0 Å². The summed E-state index contributed by atoms with van der Waals surface area (Å²) >= 11 is 0. The van der Waals surface area contributed by atoms with E-state index in [2.05, 4.69) is 19.5 Å². The fourth-order valence-corrected chi connectivity index (χ4v) is 4.01. The minimum Gasteiger partial charge on any atom is -0.387 e. The van der Waals surface area contributed by atoms with Crippen molar-refractivity contribution in [2.24, 2.45) is 11.5 Å². The van der Waals surface area contributed by atoms with Gasteiger partial charge in [-0.15, -0.1) is 0 Å². The molecule has 180 valence electrons. The van der Waals surface area contributed by atoms with Crippen LogP contribution in [0.15, 0.2) is 4.79 Å². The van der Waals surface area contributed by atoms with Crippen molar-refractivity contribution >= 4 is 24.9 Å². The number of anilines is 1. The number of aliphatic hydroxyl groups is 2. The lowest BCUT2D eigenvalue weighted by Crippen LogP contribution is -2.53. The van der Waals surface area contributed by atoms with Crippen LogP contribution in [-0.4, -0.2) is 71.0 Å². The number of aliphatic hydroxyl groups excluding tert-OH is 2. The number of nitrogens with two attached hydrogens (primary N) is 3. The van der Waals surface area contributed by atoms with E-state index in [1.165, 1.54) is 4.57 Å². The maximum absolute atomic E-state index is 12.4. The van der Waals surface area contributed by atoms with Crippen molar-refractivity contribution in [3.63, 3.8) is 0 Å². The highest BCUT2D eigenvalue weighted by atomic mass is 31.2. The van der Waals surface area contributed by atoms with E-state index >= 15 is 0 Å². The van der Waals surface area contributed by atoms with E-state index < -0.39 is 44.1 Å². The van der Waals surface area contributed by atoms with Crippen molar-refractivity contribution in [3.8, 4) is 0 Å². The predicted molar refractivity (Wildman–Crippen MR) is 111 cm³/mol. The molecule has 32 heavy (non-hydrogen) atoms. The second-order valence-corrected chi connectivity index (χ2v) is 8.81. The predicted octanol–water partition coefficient (Wildman–Crippen LogP) is -2.44. The van der Waals surface area contributed by atoms with Crippen LogP contribution in [0, 0.1) is 0 Å². The van der Waals surface area contributed by atoms with Gasteiger partial charge in [0.15, 0.2) is 11.2 Å². The van der Waals surface area contributed by atoms with Gasteiger partial charge in [-0.3, -0.25) is 24.6 Å². The van der Waals surface area contributed by atoms with Crippen LogP contribution in [-0.2, 0) is 26.1 Å². The fourth-order valence-electron chi connectivity index (χ4n) is 3.66. The molecule has 0 radical (unpaired) electrons. The van der Waals surface area contributed by atoms with E-state index in [1.807, 2.05) is 0 Å². The zero-order valence-corrected chi connectivity index (χ0v) is 18.0. The first-order valence-corrected chi connectivity index (χ1v) is 11.5. The molecular weight excluding hydrogens is 449 g/mol. The highest BCUT2D eigenvalue weighted by Crippen LogP contribution is 2.39. The van der Waals surface area contributed by atoms with Gasteiger partial charge in [0.25, 0.3) is 5.56 Å². The van der Waals surface area contributed by atoms with Gasteiger partial charge in [-0.2, -0.15) is 4.98 Å². The third-order valence-electron chi connectivity index (χ3n) is 5.18. The first-order valence-electron chi connectivity index (χ1n) is 9.98. The minimum absolute atomic E-state index is 0.0754. The number of nitrogen functional groups attached to an aromatic ring is 1. The number of imidazole rings is 1. The molecule has 4 atom stereocenters. The van der Waals surface area contributed by atoms with Crippen LogP contribution < -0.4 is 22.8 Å². The molecule has 1 aliphatic rings. The normalized spacial score (nSPS) is 26.2. The van der Waals surface area contributed by atoms with Crippen molar-refractivity contribution in [2.45, 2.75) is 56.3 Å².